The summed E-state index contributed by atoms with van der Waals surface area (Å²) < 4.78 is 13.8. The van der Waals surface area contributed by atoms with E-state index in [4.69, 9.17) is 12.2 Å². The summed E-state index contributed by atoms with van der Waals surface area (Å²) in [6.45, 7) is 6.27. The fourth-order valence-corrected chi connectivity index (χ4v) is 2.61. The van der Waals surface area contributed by atoms with Crippen LogP contribution in [-0.2, 0) is 10.8 Å². The van der Waals surface area contributed by atoms with Gasteiger partial charge in [-0.05, 0) is 25.6 Å². The van der Waals surface area contributed by atoms with Crippen LogP contribution in [-0.4, -0.2) is 31.0 Å². The van der Waals surface area contributed by atoms with Crippen molar-refractivity contribution in [1.29, 1.82) is 0 Å². The summed E-state index contributed by atoms with van der Waals surface area (Å²) in [4.78, 5) is 0. The molecule has 0 fully saturated rings. The molecule has 0 aliphatic heterocycles. The number of hydrogen-bond acceptors (Lipinski definition) is 3. The lowest BCUT2D eigenvalue weighted by Gasteiger charge is -2.16. The number of rotatable bonds is 5. The maximum absolute atomic E-state index is 11.1. The minimum absolute atomic E-state index is 0.243. The Morgan fingerprint density at radius 3 is 2.62 bits per heavy atom. The smallest absolute Gasteiger partial charge is 0.195 e. The monoisotopic (exact) mass is 261 g/mol. The van der Waals surface area contributed by atoms with Crippen molar-refractivity contribution in [3.05, 3.63) is 10.6 Å². The maximum atomic E-state index is 11.1. The van der Waals surface area contributed by atoms with E-state index in [2.05, 4.69) is 31.0 Å². The van der Waals surface area contributed by atoms with Crippen LogP contribution < -0.4 is 0 Å². The molecule has 16 heavy (non-hydrogen) atoms. The van der Waals surface area contributed by atoms with E-state index in [0.29, 0.717) is 16.4 Å². The van der Waals surface area contributed by atoms with Crippen LogP contribution in [0.3, 0.4) is 0 Å². The molecule has 0 aliphatic carbocycles. The molecule has 1 rings (SSSR count). The highest BCUT2D eigenvalue weighted by molar-refractivity contribution is 7.84. The molecule has 0 saturated carbocycles. The summed E-state index contributed by atoms with van der Waals surface area (Å²) in [6.07, 6.45) is 2.58. The lowest BCUT2D eigenvalue weighted by atomic mass is 10.2. The van der Waals surface area contributed by atoms with Crippen LogP contribution in [0.25, 0.3) is 0 Å². The van der Waals surface area contributed by atoms with E-state index in [9.17, 15) is 4.21 Å². The van der Waals surface area contributed by atoms with Crippen molar-refractivity contribution in [3.8, 4) is 0 Å². The molecule has 0 bridgehead atoms. The summed E-state index contributed by atoms with van der Waals surface area (Å²) in [7, 11) is -0.750. The van der Waals surface area contributed by atoms with Crippen LogP contribution >= 0.6 is 12.2 Å². The third-order valence-electron chi connectivity index (χ3n) is 2.51. The Labute approximate surface area is 104 Å². The molecule has 0 aliphatic rings. The van der Waals surface area contributed by atoms with E-state index < -0.39 is 10.8 Å². The highest BCUT2D eigenvalue weighted by atomic mass is 32.2. The Morgan fingerprint density at radius 2 is 2.12 bits per heavy atom. The van der Waals surface area contributed by atoms with Crippen molar-refractivity contribution in [3.63, 3.8) is 0 Å². The van der Waals surface area contributed by atoms with Gasteiger partial charge in [0.2, 0.25) is 0 Å². The number of aromatic amines is 1. The van der Waals surface area contributed by atoms with Crippen LogP contribution in [0.5, 0.6) is 0 Å². The largest absolute Gasteiger partial charge is 0.301 e. The van der Waals surface area contributed by atoms with Gasteiger partial charge < -0.3 is 4.57 Å². The molecule has 6 heteroatoms. The van der Waals surface area contributed by atoms with Gasteiger partial charge in [0, 0.05) is 34.8 Å². The molecule has 1 heterocycles. The first-order valence-electron chi connectivity index (χ1n) is 5.40. The summed E-state index contributed by atoms with van der Waals surface area (Å²) in [5, 5.41) is 7.06. The molecule has 92 valence electrons. The lowest BCUT2D eigenvalue weighted by Crippen LogP contribution is -2.13. The van der Waals surface area contributed by atoms with E-state index in [1.165, 1.54) is 0 Å². The predicted octanol–water partition coefficient (Wildman–Crippen LogP) is 2.39. The Bertz CT molecular complexity index is 422. The molecule has 2 atom stereocenters. The Hall–Kier alpha value is -0.490. The van der Waals surface area contributed by atoms with Gasteiger partial charge in [0.25, 0.3) is 0 Å². The van der Waals surface area contributed by atoms with E-state index in [0.717, 1.165) is 12.2 Å². The molecule has 4 nitrogen and oxygen atoms in total. The van der Waals surface area contributed by atoms with Crippen molar-refractivity contribution in [2.45, 2.75) is 39.2 Å². The molecular formula is C10H19N3OS2. The van der Waals surface area contributed by atoms with Gasteiger partial charge in [-0.3, -0.25) is 9.31 Å². The van der Waals surface area contributed by atoms with E-state index in [-0.39, 0.29) is 6.04 Å². The fourth-order valence-electron chi connectivity index (χ4n) is 1.62. The normalized spacial score (nSPS) is 15.3. The molecule has 0 aromatic carbocycles. The Kier molecular flexibility index (Phi) is 4.86. The number of nitrogens with one attached hydrogen (secondary N) is 1. The first-order valence-corrected chi connectivity index (χ1v) is 7.53. The topological polar surface area (TPSA) is 50.7 Å². The van der Waals surface area contributed by atoms with Gasteiger partial charge in [-0.2, -0.15) is 5.10 Å². The predicted molar refractivity (Wildman–Crippen MR) is 69.8 cm³/mol. The van der Waals surface area contributed by atoms with Crippen molar-refractivity contribution >= 4 is 23.0 Å². The average molecular weight is 261 g/mol. The van der Waals surface area contributed by atoms with Gasteiger partial charge in [0.15, 0.2) is 4.77 Å². The average Bonchev–Trinajstić information content (AvgIpc) is 2.56. The van der Waals surface area contributed by atoms with Gasteiger partial charge in [0.05, 0.1) is 0 Å². The molecule has 1 N–H and O–H groups in total. The molecule has 1 aromatic heterocycles. The Balaban J connectivity index is 2.89. The van der Waals surface area contributed by atoms with Gasteiger partial charge in [-0.15, -0.1) is 0 Å². The molecule has 0 saturated heterocycles. The first-order chi connectivity index (χ1) is 7.43. The zero-order valence-corrected chi connectivity index (χ0v) is 11.8. The second kappa shape index (κ2) is 5.72. The van der Waals surface area contributed by atoms with E-state index in [1.807, 2.05) is 4.57 Å². The molecular weight excluding hydrogens is 242 g/mol. The Morgan fingerprint density at radius 1 is 1.50 bits per heavy atom. The lowest BCUT2D eigenvalue weighted by molar-refractivity contribution is 0.493. The quantitative estimate of drug-likeness (QED) is 0.828. The number of hydrogen-bond donors (Lipinski definition) is 1. The third-order valence-corrected chi connectivity index (χ3v) is 3.61. The summed E-state index contributed by atoms with van der Waals surface area (Å²) >= 11 is 5.22. The number of nitrogens with zero attached hydrogens (tertiary/aromatic N) is 2. The van der Waals surface area contributed by atoms with Crippen molar-refractivity contribution in [1.82, 2.24) is 14.8 Å². The fraction of sp³-hybridized carbons (Fsp3) is 0.800. The summed E-state index contributed by atoms with van der Waals surface area (Å²) in [6, 6.07) is 0.243. The molecule has 0 radical (unpaired) electrons. The molecule has 2 unspecified atom stereocenters. The van der Waals surface area contributed by atoms with Gasteiger partial charge in [-0.25, -0.2) is 0 Å². The standard InChI is InChI=1S/C10H19N3OS2/c1-7(2)9-11-12-10(15)13(9)8(3)5-6-16(4)14/h7-8H,5-6H2,1-4H3,(H,12,15). The number of H-pyrrole nitrogens is 1. The van der Waals surface area contributed by atoms with Crippen molar-refractivity contribution in [2.24, 2.45) is 0 Å². The second-order valence-electron chi connectivity index (χ2n) is 4.33. The minimum Gasteiger partial charge on any atom is -0.301 e. The van der Waals surface area contributed by atoms with E-state index in [1.54, 1.807) is 6.26 Å². The van der Waals surface area contributed by atoms with Crippen molar-refractivity contribution in [2.75, 3.05) is 12.0 Å². The third kappa shape index (κ3) is 3.25. The van der Waals surface area contributed by atoms with Crippen LogP contribution in [0.4, 0.5) is 0 Å². The SMILES string of the molecule is CC(C)c1n[nH]c(=S)n1C(C)CCS(C)=O. The zero-order valence-electron chi connectivity index (χ0n) is 10.2. The molecule has 0 spiro atoms. The second-order valence-corrected chi connectivity index (χ2v) is 6.27. The van der Waals surface area contributed by atoms with Crippen molar-refractivity contribution < 1.29 is 4.21 Å². The van der Waals surface area contributed by atoms with Crippen LogP contribution in [0.1, 0.15) is 45.0 Å². The highest BCUT2D eigenvalue weighted by Gasteiger charge is 2.15. The van der Waals surface area contributed by atoms with Crippen LogP contribution in [0.2, 0.25) is 0 Å². The zero-order chi connectivity index (χ0) is 12.3. The maximum Gasteiger partial charge on any atom is 0.195 e. The summed E-state index contributed by atoms with van der Waals surface area (Å²) in [5.74, 6) is 2.01. The molecule has 0 amide bonds. The highest BCUT2D eigenvalue weighted by Crippen LogP contribution is 2.19. The molecule has 1 aromatic rings. The minimum atomic E-state index is -0.750. The van der Waals surface area contributed by atoms with Gasteiger partial charge in [-0.1, -0.05) is 13.8 Å². The number of aromatic nitrogens is 3. The van der Waals surface area contributed by atoms with Gasteiger partial charge in [0.1, 0.15) is 5.82 Å². The first kappa shape index (κ1) is 13.6. The van der Waals surface area contributed by atoms with E-state index >= 15 is 0 Å². The van der Waals surface area contributed by atoms with Crippen LogP contribution in [0, 0.1) is 4.77 Å². The van der Waals surface area contributed by atoms with Gasteiger partial charge >= 0.3 is 0 Å². The summed E-state index contributed by atoms with van der Waals surface area (Å²) in [5.41, 5.74) is 0. The van der Waals surface area contributed by atoms with Crippen LogP contribution in [0.15, 0.2) is 0 Å².